The summed E-state index contributed by atoms with van der Waals surface area (Å²) in [7, 11) is 1.58. The van der Waals surface area contributed by atoms with Gasteiger partial charge in [0.05, 0.1) is 0 Å². The maximum absolute atomic E-state index is 11.6. The Kier molecular flexibility index (Phi) is 4.49. The number of methoxy groups -OCH3 is 1. The van der Waals surface area contributed by atoms with Crippen LogP contribution in [0.4, 0.5) is 0 Å². The van der Waals surface area contributed by atoms with Crippen molar-refractivity contribution in [1.29, 1.82) is 5.41 Å². The van der Waals surface area contributed by atoms with Crippen molar-refractivity contribution in [3.05, 3.63) is 12.7 Å². The van der Waals surface area contributed by atoms with Crippen LogP contribution in [0.15, 0.2) is 12.7 Å². The van der Waals surface area contributed by atoms with E-state index in [0.29, 0.717) is 13.0 Å². The molecule has 1 heterocycles. The number of rotatable bonds is 5. The van der Waals surface area contributed by atoms with Crippen LogP contribution in [0.2, 0.25) is 0 Å². The van der Waals surface area contributed by atoms with Gasteiger partial charge in [-0.05, 0) is 13.3 Å². The van der Waals surface area contributed by atoms with Gasteiger partial charge in [-0.15, -0.1) is 0 Å². The Morgan fingerprint density at radius 1 is 1.81 bits per heavy atom. The summed E-state index contributed by atoms with van der Waals surface area (Å²) in [5.74, 6) is -0.531. The number of carbonyl (C=O) groups is 1. The average molecular weight is 226 g/mol. The van der Waals surface area contributed by atoms with E-state index in [9.17, 15) is 4.79 Å². The molecule has 5 nitrogen and oxygen atoms in total. The second kappa shape index (κ2) is 5.65. The van der Waals surface area contributed by atoms with Crippen LogP contribution in [0, 0.1) is 11.3 Å². The lowest BCUT2D eigenvalue weighted by Gasteiger charge is -2.25. The van der Waals surface area contributed by atoms with Crippen LogP contribution < -0.4 is 0 Å². The van der Waals surface area contributed by atoms with Crippen LogP contribution in [0.25, 0.3) is 0 Å². The van der Waals surface area contributed by atoms with E-state index >= 15 is 0 Å². The molecule has 1 fully saturated rings. The van der Waals surface area contributed by atoms with E-state index in [4.69, 9.17) is 14.9 Å². The fraction of sp³-hybridized carbons (Fsp3) is 0.636. The quantitative estimate of drug-likeness (QED) is 0.561. The number of nitrogens with zero attached hydrogens (tertiary/aromatic N) is 1. The molecule has 1 aliphatic heterocycles. The first-order valence-electron chi connectivity index (χ1n) is 5.27. The van der Waals surface area contributed by atoms with Gasteiger partial charge in [0, 0.05) is 13.7 Å². The molecule has 16 heavy (non-hydrogen) atoms. The Morgan fingerprint density at radius 3 is 3.06 bits per heavy atom. The molecule has 0 saturated carbocycles. The topological polar surface area (TPSA) is 62.6 Å². The predicted octanol–water partition coefficient (Wildman–Crippen LogP) is 1.01. The summed E-state index contributed by atoms with van der Waals surface area (Å²) >= 11 is 0. The summed E-state index contributed by atoms with van der Waals surface area (Å²) in [5.41, 5.74) is 0. The molecule has 1 saturated heterocycles. The third-order valence-electron chi connectivity index (χ3n) is 2.71. The molecule has 0 amide bonds. The minimum absolute atomic E-state index is 0.176. The minimum Gasteiger partial charge on any atom is -0.461 e. The number of carbonyl (C=O) groups excluding carboxylic acids is 1. The van der Waals surface area contributed by atoms with E-state index in [1.165, 1.54) is 6.08 Å². The van der Waals surface area contributed by atoms with Crippen LogP contribution in [0.3, 0.4) is 0 Å². The van der Waals surface area contributed by atoms with Gasteiger partial charge in [0.1, 0.15) is 24.6 Å². The summed E-state index contributed by atoms with van der Waals surface area (Å²) in [4.78, 5) is 13.4. The van der Waals surface area contributed by atoms with E-state index < -0.39 is 5.92 Å². The average Bonchev–Trinajstić information content (AvgIpc) is 2.67. The Hall–Kier alpha value is -1.36. The van der Waals surface area contributed by atoms with Gasteiger partial charge in [-0.2, -0.15) is 0 Å². The molecule has 0 aromatic carbocycles. The number of amidine groups is 1. The molecule has 0 aromatic heterocycles. The molecule has 1 N–H and O–H groups in total. The first kappa shape index (κ1) is 12.7. The van der Waals surface area contributed by atoms with Gasteiger partial charge in [0.2, 0.25) is 0 Å². The van der Waals surface area contributed by atoms with Gasteiger partial charge in [-0.1, -0.05) is 12.7 Å². The van der Waals surface area contributed by atoms with Crippen LogP contribution >= 0.6 is 0 Å². The Morgan fingerprint density at radius 2 is 2.50 bits per heavy atom. The molecule has 1 rings (SSSR count). The zero-order chi connectivity index (χ0) is 12.1. The van der Waals surface area contributed by atoms with Gasteiger partial charge in [0.25, 0.3) is 0 Å². The minimum atomic E-state index is -0.461. The fourth-order valence-electron chi connectivity index (χ4n) is 1.70. The van der Waals surface area contributed by atoms with E-state index in [0.717, 1.165) is 0 Å². The number of esters is 1. The Bertz CT molecular complexity index is 291. The van der Waals surface area contributed by atoms with Gasteiger partial charge in [-0.3, -0.25) is 10.2 Å². The number of likely N-dealkylation sites (tertiary alicyclic amines) is 1. The van der Waals surface area contributed by atoms with Gasteiger partial charge in [-0.25, -0.2) is 0 Å². The summed E-state index contributed by atoms with van der Waals surface area (Å²) in [6, 6.07) is 0. The highest BCUT2D eigenvalue weighted by Crippen LogP contribution is 2.22. The third kappa shape index (κ3) is 2.61. The predicted molar refractivity (Wildman–Crippen MR) is 60.2 cm³/mol. The maximum atomic E-state index is 11.6. The number of nitrogens with one attached hydrogen (secondary N) is 1. The molecule has 0 radical (unpaired) electrons. The lowest BCUT2D eigenvalue weighted by atomic mass is 10.1. The molecule has 90 valence electrons. The summed E-state index contributed by atoms with van der Waals surface area (Å²) in [6.45, 7) is 6.18. The van der Waals surface area contributed by atoms with Crippen molar-refractivity contribution in [2.24, 2.45) is 5.92 Å². The molecule has 0 aliphatic carbocycles. The first-order chi connectivity index (χ1) is 7.61. The number of hydrogen-bond donors (Lipinski definition) is 1. The zero-order valence-corrected chi connectivity index (χ0v) is 9.73. The highest BCUT2D eigenvalue weighted by atomic mass is 16.5. The summed E-state index contributed by atoms with van der Waals surface area (Å²) in [5, 5.41) is 7.88. The molecule has 2 unspecified atom stereocenters. The molecular weight excluding hydrogens is 208 g/mol. The Labute approximate surface area is 95.5 Å². The summed E-state index contributed by atoms with van der Waals surface area (Å²) < 4.78 is 10.1. The van der Waals surface area contributed by atoms with Gasteiger partial charge >= 0.3 is 5.97 Å². The van der Waals surface area contributed by atoms with E-state index in [2.05, 4.69) is 6.58 Å². The molecule has 5 heteroatoms. The van der Waals surface area contributed by atoms with Crippen molar-refractivity contribution in [3.63, 3.8) is 0 Å². The first-order valence-corrected chi connectivity index (χ1v) is 5.27. The SMILES string of the molecule is C=CCOC(=O)C1CCN(C(C)OC)C1=N. The normalized spacial score (nSPS) is 22.0. The summed E-state index contributed by atoms with van der Waals surface area (Å²) in [6.07, 6.45) is 1.96. The van der Waals surface area contributed by atoms with Crippen molar-refractivity contribution in [2.45, 2.75) is 19.6 Å². The molecular formula is C11H18N2O3. The van der Waals surface area contributed by atoms with Crippen LogP contribution in [-0.2, 0) is 14.3 Å². The van der Waals surface area contributed by atoms with Crippen LogP contribution in [0.5, 0.6) is 0 Å². The Balaban J connectivity index is 2.56. The monoisotopic (exact) mass is 226 g/mol. The van der Waals surface area contributed by atoms with Crippen molar-refractivity contribution in [1.82, 2.24) is 4.90 Å². The van der Waals surface area contributed by atoms with E-state index in [-0.39, 0.29) is 24.6 Å². The van der Waals surface area contributed by atoms with Crippen molar-refractivity contribution in [3.8, 4) is 0 Å². The fourth-order valence-corrected chi connectivity index (χ4v) is 1.70. The number of hydrogen-bond acceptors (Lipinski definition) is 4. The maximum Gasteiger partial charge on any atom is 0.316 e. The lowest BCUT2D eigenvalue weighted by Crippen LogP contribution is -2.38. The van der Waals surface area contributed by atoms with Crippen molar-refractivity contribution >= 4 is 11.8 Å². The molecule has 0 aromatic rings. The smallest absolute Gasteiger partial charge is 0.316 e. The van der Waals surface area contributed by atoms with Gasteiger partial charge < -0.3 is 14.4 Å². The zero-order valence-electron chi connectivity index (χ0n) is 9.73. The molecule has 0 spiro atoms. The van der Waals surface area contributed by atoms with Crippen LogP contribution in [0.1, 0.15) is 13.3 Å². The van der Waals surface area contributed by atoms with E-state index in [1.807, 2.05) is 6.92 Å². The lowest BCUT2D eigenvalue weighted by molar-refractivity contribution is -0.144. The molecule has 1 aliphatic rings. The second-order valence-corrected chi connectivity index (χ2v) is 3.67. The molecule has 0 bridgehead atoms. The van der Waals surface area contributed by atoms with E-state index in [1.54, 1.807) is 12.0 Å². The van der Waals surface area contributed by atoms with Crippen molar-refractivity contribution < 1.29 is 14.3 Å². The third-order valence-corrected chi connectivity index (χ3v) is 2.71. The largest absolute Gasteiger partial charge is 0.461 e. The standard InChI is InChI=1S/C11H18N2O3/c1-4-7-16-11(14)9-5-6-13(10(9)12)8(2)15-3/h4,8-9,12H,1,5-7H2,2-3H3. The number of ether oxygens (including phenoxy) is 2. The highest BCUT2D eigenvalue weighted by Gasteiger charge is 2.36. The van der Waals surface area contributed by atoms with Gasteiger partial charge in [0.15, 0.2) is 0 Å². The second-order valence-electron chi connectivity index (χ2n) is 3.67. The van der Waals surface area contributed by atoms with Crippen LogP contribution in [-0.4, -0.2) is 43.2 Å². The van der Waals surface area contributed by atoms with Crippen molar-refractivity contribution in [2.75, 3.05) is 20.3 Å². The highest BCUT2D eigenvalue weighted by molar-refractivity contribution is 6.00. The molecule has 2 atom stereocenters.